The summed E-state index contributed by atoms with van der Waals surface area (Å²) in [6, 6.07) is 9.53. The fourth-order valence-electron chi connectivity index (χ4n) is 3.77. The number of benzene rings is 1. The fourth-order valence-corrected chi connectivity index (χ4v) is 3.77. The van der Waals surface area contributed by atoms with Gasteiger partial charge in [-0.1, -0.05) is 12.1 Å². The van der Waals surface area contributed by atoms with Crippen LogP contribution >= 0.6 is 0 Å². The topological polar surface area (TPSA) is 106 Å². The predicted molar refractivity (Wildman–Crippen MR) is 113 cm³/mol. The minimum Gasteiger partial charge on any atom is -0.389 e. The summed E-state index contributed by atoms with van der Waals surface area (Å²) in [6.07, 6.45) is 4.84. The average molecular weight is 394 g/mol. The van der Waals surface area contributed by atoms with E-state index in [0.717, 1.165) is 54.0 Å². The van der Waals surface area contributed by atoms with Crippen LogP contribution in [0, 0.1) is 0 Å². The van der Waals surface area contributed by atoms with Gasteiger partial charge in [0.15, 0.2) is 0 Å². The second kappa shape index (κ2) is 8.48. The van der Waals surface area contributed by atoms with Crippen molar-refractivity contribution in [2.24, 2.45) is 0 Å². The van der Waals surface area contributed by atoms with E-state index in [-0.39, 0.29) is 18.5 Å². The van der Waals surface area contributed by atoms with Crippen LogP contribution in [-0.4, -0.2) is 51.6 Å². The first kappa shape index (κ1) is 19.2. The number of piperidine rings is 1. The number of carbonyl (C=O) groups is 1. The minimum atomic E-state index is -0.535. The van der Waals surface area contributed by atoms with Crippen LogP contribution in [0.25, 0.3) is 11.0 Å². The highest BCUT2D eigenvalue weighted by atomic mass is 16.3. The Hall–Kier alpha value is -3.13. The van der Waals surface area contributed by atoms with Gasteiger partial charge in [0.2, 0.25) is 5.91 Å². The summed E-state index contributed by atoms with van der Waals surface area (Å²) >= 11 is 0. The molecule has 1 amide bonds. The first-order chi connectivity index (χ1) is 14.1. The molecule has 1 fully saturated rings. The molecule has 152 valence electrons. The molecule has 4 N–H and O–H groups in total. The smallest absolute Gasteiger partial charge is 0.239 e. The Labute approximate surface area is 169 Å². The predicted octanol–water partition coefficient (Wildman–Crippen LogP) is 2.21. The first-order valence-corrected chi connectivity index (χ1v) is 9.94. The van der Waals surface area contributed by atoms with E-state index in [0.29, 0.717) is 0 Å². The molecular formula is C21H26N6O2. The van der Waals surface area contributed by atoms with Crippen LogP contribution in [0.5, 0.6) is 0 Å². The quantitative estimate of drug-likeness (QED) is 0.511. The average Bonchev–Trinajstić information content (AvgIpc) is 3.21. The molecule has 0 aliphatic carbocycles. The van der Waals surface area contributed by atoms with Gasteiger partial charge in [-0.3, -0.25) is 4.79 Å². The van der Waals surface area contributed by atoms with Crippen LogP contribution in [0.2, 0.25) is 0 Å². The van der Waals surface area contributed by atoms with E-state index in [9.17, 15) is 9.90 Å². The lowest BCUT2D eigenvalue weighted by atomic mass is 10.1. The van der Waals surface area contributed by atoms with Gasteiger partial charge in [-0.25, -0.2) is 9.97 Å². The highest BCUT2D eigenvalue weighted by Crippen LogP contribution is 2.25. The van der Waals surface area contributed by atoms with Gasteiger partial charge in [0, 0.05) is 31.0 Å². The number of nitrogens with one attached hydrogen (secondary N) is 3. The van der Waals surface area contributed by atoms with E-state index >= 15 is 0 Å². The second-order valence-corrected chi connectivity index (χ2v) is 7.44. The molecule has 0 saturated carbocycles. The Morgan fingerprint density at radius 3 is 3.14 bits per heavy atom. The minimum absolute atomic E-state index is 0.0474. The summed E-state index contributed by atoms with van der Waals surface area (Å²) in [5.74, 6) is 0.858. The number of rotatable bonds is 6. The molecule has 0 spiro atoms. The van der Waals surface area contributed by atoms with E-state index in [1.807, 2.05) is 36.5 Å². The highest BCUT2D eigenvalue weighted by molar-refractivity contribution is 5.87. The Morgan fingerprint density at radius 2 is 2.28 bits per heavy atom. The summed E-state index contributed by atoms with van der Waals surface area (Å²) < 4.78 is 0. The number of aliphatic hydroxyl groups excluding tert-OH is 1. The normalized spacial score (nSPS) is 17.9. The third-order valence-corrected chi connectivity index (χ3v) is 5.24. The number of aromatic nitrogens is 3. The number of fused-ring (bicyclic) bond motifs is 1. The Morgan fingerprint density at radius 1 is 1.38 bits per heavy atom. The van der Waals surface area contributed by atoms with Crippen LogP contribution in [-0.2, 0) is 4.79 Å². The largest absolute Gasteiger partial charge is 0.389 e. The van der Waals surface area contributed by atoms with Gasteiger partial charge in [0.25, 0.3) is 0 Å². The SMILES string of the molecule is CC(O)c1cccc(NCC(=O)NC2CCCN(c3ncnc4[nH]ccc34)C2)c1. The van der Waals surface area contributed by atoms with Gasteiger partial charge in [-0.15, -0.1) is 0 Å². The molecule has 1 aliphatic heterocycles. The Bertz CT molecular complexity index is 986. The zero-order chi connectivity index (χ0) is 20.2. The molecule has 2 atom stereocenters. The number of aliphatic hydroxyl groups is 1. The van der Waals surface area contributed by atoms with Crippen LogP contribution < -0.4 is 15.5 Å². The van der Waals surface area contributed by atoms with Gasteiger partial charge in [0.05, 0.1) is 18.0 Å². The van der Waals surface area contributed by atoms with Gasteiger partial charge < -0.3 is 25.6 Å². The van der Waals surface area contributed by atoms with Crippen molar-refractivity contribution in [1.82, 2.24) is 20.3 Å². The summed E-state index contributed by atoms with van der Waals surface area (Å²) in [6.45, 7) is 3.55. The number of nitrogens with zero attached hydrogens (tertiary/aromatic N) is 3. The van der Waals surface area contributed by atoms with Gasteiger partial charge in [0.1, 0.15) is 17.8 Å². The summed E-state index contributed by atoms with van der Waals surface area (Å²) in [4.78, 5) is 26.5. The van der Waals surface area contributed by atoms with Crippen molar-refractivity contribution in [3.63, 3.8) is 0 Å². The molecular weight excluding hydrogens is 368 g/mol. The zero-order valence-electron chi connectivity index (χ0n) is 16.4. The second-order valence-electron chi connectivity index (χ2n) is 7.44. The number of carbonyl (C=O) groups excluding carboxylic acids is 1. The molecule has 1 aromatic carbocycles. The van der Waals surface area contributed by atoms with Crippen molar-refractivity contribution in [2.45, 2.75) is 31.9 Å². The maximum Gasteiger partial charge on any atom is 0.239 e. The third kappa shape index (κ3) is 4.48. The van der Waals surface area contributed by atoms with E-state index in [4.69, 9.17) is 0 Å². The molecule has 8 nitrogen and oxygen atoms in total. The van der Waals surface area contributed by atoms with Crippen molar-refractivity contribution < 1.29 is 9.90 Å². The molecule has 3 aromatic rings. The summed E-state index contributed by atoms with van der Waals surface area (Å²) in [7, 11) is 0. The van der Waals surface area contributed by atoms with Crippen molar-refractivity contribution >= 4 is 28.4 Å². The van der Waals surface area contributed by atoms with Crippen molar-refractivity contribution in [1.29, 1.82) is 0 Å². The maximum atomic E-state index is 12.4. The highest BCUT2D eigenvalue weighted by Gasteiger charge is 2.23. The van der Waals surface area contributed by atoms with Crippen LogP contribution in [0.1, 0.15) is 31.4 Å². The zero-order valence-corrected chi connectivity index (χ0v) is 16.4. The van der Waals surface area contributed by atoms with Crippen molar-refractivity contribution in [3.05, 3.63) is 48.4 Å². The van der Waals surface area contributed by atoms with E-state index in [1.54, 1.807) is 13.3 Å². The molecule has 8 heteroatoms. The molecule has 3 heterocycles. The van der Waals surface area contributed by atoms with Crippen LogP contribution in [0.4, 0.5) is 11.5 Å². The standard InChI is InChI=1S/C21H26N6O2/c1-14(28)15-4-2-5-16(10-15)23-11-19(29)26-17-6-3-9-27(12-17)21-18-7-8-22-20(18)24-13-25-21/h2,4-5,7-8,10,13-14,17,23,28H,3,6,9,11-12H2,1H3,(H,26,29)(H,22,24,25). The molecule has 2 aromatic heterocycles. The molecule has 2 unspecified atom stereocenters. The first-order valence-electron chi connectivity index (χ1n) is 9.94. The van der Waals surface area contributed by atoms with E-state index < -0.39 is 6.10 Å². The number of hydrogen-bond donors (Lipinski definition) is 4. The lowest BCUT2D eigenvalue weighted by Crippen LogP contribution is -2.49. The van der Waals surface area contributed by atoms with Crippen LogP contribution in [0.3, 0.4) is 0 Å². The lowest BCUT2D eigenvalue weighted by molar-refractivity contribution is -0.120. The number of aromatic amines is 1. The van der Waals surface area contributed by atoms with Crippen LogP contribution in [0.15, 0.2) is 42.9 Å². The monoisotopic (exact) mass is 394 g/mol. The molecule has 0 radical (unpaired) electrons. The van der Waals surface area contributed by atoms with Gasteiger partial charge in [-0.2, -0.15) is 0 Å². The molecule has 0 bridgehead atoms. The number of H-pyrrole nitrogens is 1. The molecule has 1 aliphatic rings. The van der Waals surface area contributed by atoms with Crippen molar-refractivity contribution in [3.8, 4) is 0 Å². The molecule has 29 heavy (non-hydrogen) atoms. The number of amides is 1. The maximum absolute atomic E-state index is 12.4. The lowest BCUT2D eigenvalue weighted by Gasteiger charge is -2.34. The molecule has 4 rings (SSSR count). The van der Waals surface area contributed by atoms with Gasteiger partial charge in [-0.05, 0) is 43.5 Å². The Kier molecular flexibility index (Phi) is 5.62. The van der Waals surface area contributed by atoms with E-state index in [1.165, 1.54) is 0 Å². The number of anilines is 2. The molecule has 1 saturated heterocycles. The summed E-state index contributed by atoms with van der Waals surface area (Å²) in [5.41, 5.74) is 2.46. The fraction of sp³-hybridized carbons (Fsp3) is 0.381. The Balaban J connectivity index is 1.34. The third-order valence-electron chi connectivity index (χ3n) is 5.24. The van der Waals surface area contributed by atoms with Gasteiger partial charge >= 0.3 is 0 Å². The van der Waals surface area contributed by atoms with E-state index in [2.05, 4.69) is 30.5 Å². The summed E-state index contributed by atoms with van der Waals surface area (Å²) in [5, 5.41) is 16.9. The number of hydrogen-bond acceptors (Lipinski definition) is 6. The van der Waals surface area contributed by atoms with Crippen molar-refractivity contribution in [2.75, 3.05) is 29.9 Å².